The Kier molecular flexibility index (Phi) is 7.56. The van der Waals surface area contributed by atoms with Gasteiger partial charge in [0.1, 0.15) is 11.7 Å². The second-order valence-corrected chi connectivity index (χ2v) is 14.2. The number of rotatable bonds is 9. The van der Waals surface area contributed by atoms with Crippen LogP contribution in [0.5, 0.6) is 0 Å². The van der Waals surface area contributed by atoms with Crippen LogP contribution in [0, 0.1) is 45.8 Å². The molecule has 0 aromatic carbocycles. The Balaban J connectivity index is 1.53. The molecule has 5 rings (SSSR count). The number of fused-ring (bicyclic) bond motifs is 2. The van der Waals surface area contributed by atoms with Crippen molar-refractivity contribution in [3.05, 3.63) is 22.7 Å². The van der Waals surface area contributed by atoms with Crippen molar-refractivity contribution in [2.24, 2.45) is 45.8 Å². The van der Waals surface area contributed by atoms with E-state index in [1.54, 1.807) is 7.11 Å². The van der Waals surface area contributed by atoms with Gasteiger partial charge in [0.2, 0.25) is 0 Å². The molecule has 3 saturated carbocycles. The van der Waals surface area contributed by atoms with E-state index in [-0.39, 0.29) is 36.6 Å². The van der Waals surface area contributed by atoms with Crippen molar-refractivity contribution >= 4 is 28.2 Å². The summed E-state index contributed by atoms with van der Waals surface area (Å²) < 4.78 is 19.6. The van der Waals surface area contributed by atoms with E-state index in [4.69, 9.17) is 14.2 Å². The molecule has 212 valence electrons. The topological polar surface area (TPSA) is 85.3 Å². The second kappa shape index (κ2) is 10.1. The predicted octanol–water partition coefficient (Wildman–Crippen LogP) is 4.90. The van der Waals surface area contributed by atoms with E-state index in [1.165, 1.54) is 0 Å². The predicted molar refractivity (Wildman–Crippen MR) is 148 cm³/mol. The number of aldehydes is 1. The molecule has 38 heavy (non-hydrogen) atoms. The van der Waals surface area contributed by atoms with E-state index < -0.39 is 28.5 Å². The summed E-state index contributed by atoms with van der Waals surface area (Å²) in [6, 6.07) is 0. The number of nitrogens with zero attached hydrogens (tertiary/aromatic N) is 1. The normalized spacial score (nSPS) is 46.1. The number of carbonyl (C=O) groups is 2. The van der Waals surface area contributed by atoms with Crippen LogP contribution in [0.1, 0.15) is 53.4 Å². The van der Waals surface area contributed by atoms with Gasteiger partial charge in [-0.25, -0.2) is 0 Å². The maximum Gasteiger partial charge on any atom is 0.315 e. The number of carbonyl (C=O) groups excluding carboxylic acids is 1. The summed E-state index contributed by atoms with van der Waals surface area (Å²) in [5.41, 5.74) is -1.85. The van der Waals surface area contributed by atoms with Gasteiger partial charge in [-0.3, -0.25) is 9.69 Å². The Morgan fingerprint density at radius 3 is 2.66 bits per heavy atom. The number of carboxylic acid groups (broad SMARTS) is 1. The highest BCUT2D eigenvalue weighted by Crippen LogP contribution is 2.82. The largest absolute Gasteiger partial charge is 0.481 e. The molecule has 1 heterocycles. The number of carboxylic acids is 1. The highest BCUT2D eigenvalue weighted by atomic mass is 79.9. The molecule has 8 heteroatoms. The highest BCUT2D eigenvalue weighted by Gasteiger charge is 2.84. The Bertz CT molecular complexity index is 1010. The van der Waals surface area contributed by atoms with E-state index in [0.29, 0.717) is 37.9 Å². The van der Waals surface area contributed by atoms with Gasteiger partial charge in [-0.2, -0.15) is 0 Å². The van der Waals surface area contributed by atoms with Crippen molar-refractivity contribution in [3.63, 3.8) is 0 Å². The van der Waals surface area contributed by atoms with Crippen LogP contribution in [0.4, 0.5) is 0 Å². The average molecular weight is 595 g/mol. The quantitative estimate of drug-likeness (QED) is 0.300. The van der Waals surface area contributed by atoms with Gasteiger partial charge in [-0.05, 0) is 55.8 Å². The molecule has 1 saturated heterocycles. The standard InChI is InChI=1S/C30H44BrNO6/c1-17(2)24-9-21-10-28(15-33)23-8-7-18(3)22(23)11-29(21,30(24,28)27(34)35)16-37-26-14-32(12-19(4)31)13-25(36-6)20(5)38-26/h9,15,17-18,20-23,25-26H,4,7-8,10-14,16H2,1-3,5-6H3,(H,34,35)/t18-,20-,21?,22-,23-,25+,26-,28?,29?,30?/m1/s1. The molecule has 0 aromatic rings. The number of ether oxygens (including phenoxy) is 3. The summed E-state index contributed by atoms with van der Waals surface area (Å²) in [6.07, 6.45) is 5.82. The average Bonchev–Trinajstić information content (AvgIpc) is 3.37. The monoisotopic (exact) mass is 593 g/mol. The van der Waals surface area contributed by atoms with Gasteiger partial charge in [0.15, 0.2) is 6.29 Å². The molecule has 4 fully saturated rings. The molecule has 10 atom stereocenters. The zero-order chi connectivity index (χ0) is 27.6. The minimum absolute atomic E-state index is 0.00680. The van der Waals surface area contributed by atoms with Crippen LogP contribution in [-0.4, -0.2) is 74.1 Å². The number of aliphatic carboxylic acids is 1. The molecule has 7 nitrogen and oxygen atoms in total. The molecular formula is C30H44BrNO6. The number of allylic oxidation sites excluding steroid dienone is 1. The lowest BCUT2D eigenvalue weighted by molar-refractivity contribution is -0.219. The van der Waals surface area contributed by atoms with Crippen LogP contribution in [0.15, 0.2) is 22.7 Å². The fraction of sp³-hybridized carbons (Fsp3) is 0.800. The first kappa shape index (κ1) is 28.5. The van der Waals surface area contributed by atoms with Crippen LogP contribution in [0.3, 0.4) is 0 Å². The van der Waals surface area contributed by atoms with Crippen molar-refractivity contribution in [1.29, 1.82) is 0 Å². The third-order valence-corrected chi connectivity index (χ3v) is 11.3. The first-order chi connectivity index (χ1) is 18.0. The molecular weight excluding hydrogens is 550 g/mol. The molecule has 0 aromatic heterocycles. The van der Waals surface area contributed by atoms with Gasteiger partial charge < -0.3 is 24.1 Å². The lowest BCUT2D eigenvalue weighted by Gasteiger charge is -2.58. The fourth-order valence-electron chi connectivity index (χ4n) is 9.66. The molecule has 1 N–H and O–H groups in total. The molecule has 0 spiro atoms. The van der Waals surface area contributed by atoms with Crippen molar-refractivity contribution < 1.29 is 28.9 Å². The molecule has 4 unspecified atom stereocenters. The molecule has 0 amide bonds. The Morgan fingerprint density at radius 2 is 2.05 bits per heavy atom. The van der Waals surface area contributed by atoms with E-state index in [2.05, 4.69) is 54.3 Å². The first-order valence-corrected chi connectivity index (χ1v) is 15.0. The first-order valence-electron chi connectivity index (χ1n) is 14.2. The minimum atomic E-state index is -1.24. The molecule has 1 aliphatic heterocycles. The maximum absolute atomic E-state index is 13.6. The summed E-state index contributed by atoms with van der Waals surface area (Å²) in [5.74, 6) is 0.125. The Morgan fingerprint density at radius 1 is 1.32 bits per heavy atom. The fourth-order valence-corrected chi connectivity index (χ4v) is 10.0. The molecule has 5 aliphatic rings. The van der Waals surface area contributed by atoms with E-state index in [0.717, 1.165) is 35.6 Å². The lowest BCUT2D eigenvalue weighted by atomic mass is 9.43. The lowest BCUT2D eigenvalue weighted by Crippen LogP contribution is -2.63. The summed E-state index contributed by atoms with van der Waals surface area (Å²) in [6.45, 7) is 14.5. The van der Waals surface area contributed by atoms with Crippen LogP contribution < -0.4 is 0 Å². The van der Waals surface area contributed by atoms with Crippen LogP contribution >= 0.6 is 15.9 Å². The number of hydrogen-bond acceptors (Lipinski definition) is 6. The van der Waals surface area contributed by atoms with Crippen molar-refractivity contribution in [2.45, 2.75) is 71.9 Å². The van der Waals surface area contributed by atoms with E-state index >= 15 is 0 Å². The van der Waals surface area contributed by atoms with E-state index in [9.17, 15) is 14.7 Å². The Labute approximate surface area is 235 Å². The third kappa shape index (κ3) is 3.80. The van der Waals surface area contributed by atoms with Gasteiger partial charge in [-0.15, -0.1) is 0 Å². The smallest absolute Gasteiger partial charge is 0.315 e. The summed E-state index contributed by atoms with van der Waals surface area (Å²) in [5, 5.41) is 11.2. The molecule has 4 aliphatic carbocycles. The summed E-state index contributed by atoms with van der Waals surface area (Å²) in [7, 11) is 1.69. The maximum atomic E-state index is 13.6. The van der Waals surface area contributed by atoms with E-state index in [1.807, 2.05) is 6.92 Å². The van der Waals surface area contributed by atoms with Gasteiger partial charge in [0.25, 0.3) is 0 Å². The van der Waals surface area contributed by atoms with Crippen LogP contribution in [0.2, 0.25) is 0 Å². The number of hydrogen-bond donors (Lipinski definition) is 1. The second-order valence-electron chi connectivity index (χ2n) is 13.1. The highest BCUT2D eigenvalue weighted by molar-refractivity contribution is 9.11. The zero-order valence-electron chi connectivity index (χ0n) is 23.5. The van der Waals surface area contributed by atoms with Crippen molar-refractivity contribution in [2.75, 3.05) is 33.4 Å². The SMILES string of the molecule is C=C(Br)CN1C[C@H](OCC23C[C@@H]4[C@H](C)CC[C@H]4C4(C=O)CC2C=C(C(C)C)C34C(=O)O)O[C@H](C)[C@@H](OC)C1. The van der Waals surface area contributed by atoms with Crippen LogP contribution in [0.25, 0.3) is 0 Å². The van der Waals surface area contributed by atoms with Gasteiger partial charge in [-0.1, -0.05) is 61.4 Å². The van der Waals surface area contributed by atoms with Gasteiger partial charge in [0, 0.05) is 36.6 Å². The van der Waals surface area contributed by atoms with Gasteiger partial charge >= 0.3 is 5.97 Å². The van der Waals surface area contributed by atoms with Gasteiger partial charge in [0.05, 0.1) is 24.2 Å². The number of methoxy groups -OCH3 is 1. The summed E-state index contributed by atoms with van der Waals surface area (Å²) >= 11 is 3.49. The van der Waals surface area contributed by atoms with Crippen molar-refractivity contribution in [3.8, 4) is 0 Å². The third-order valence-electron chi connectivity index (χ3n) is 11.1. The van der Waals surface area contributed by atoms with Crippen molar-refractivity contribution in [1.82, 2.24) is 4.90 Å². The summed E-state index contributed by atoms with van der Waals surface area (Å²) in [4.78, 5) is 29.1. The zero-order valence-corrected chi connectivity index (χ0v) is 25.0. The Hall–Kier alpha value is -1.06. The number of halogens is 1. The van der Waals surface area contributed by atoms with Crippen LogP contribution in [-0.2, 0) is 23.8 Å². The molecule has 0 radical (unpaired) electrons. The minimum Gasteiger partial charge on any atom is -0.481 e. The molecule has 4 bridgehead atoms.